The highest BCUT2D eigenvalue weighted by atomic mass is 32.1. The summed E-state index contributed by atoms with van der Waals surface area (Å²) >= 11 is 1.29. The van der Waals surface area contributed by atoms with Crippen LogP contribution in [0.25, 0.3) is 0 Å². The minimum atomic E-state index is -0.934. The molecule has 0 bridgehead atoms. The second kappa shape index (κ2) is 5.63. The molecule has 0 radical (unpaired) electrons. The SMILES string of the molecule is CN(C(=O)c1cccs1)C(C#N)c1ccccc1F. The molecular formula is C14H11FN2OS. The lowest BCUT2D eigenvalue weighted by molar-refractivity contribution is 0.0766. The van der Waals surface area contributed by atoms with E-state index >= 15 is 0 Å². The summed E-state index contributed by atoms with van der Waals surface area (Å²) in [7, 11) is 1.50. The number of halogens is 1. The van der Waals surface area contributed by atoms with E-state index in [4.69, 9.17) is 0 Å². The van der Waals surface area contributed by atoms with Crippen LogP contribution in [0.2, 0.25) is 0 Å². The Kier molecular flexibility index (Phi) is 3.93. The van der Waals surface area contributed by atoms with Gasteiger partial charge in [-0.05, 0) is 17.5 Å². The second-order valence-corrected chi connectivity index (χ2v) is 4.89. The molecule has 0 aliphatic rings. The summed E-state index contributed by atoms with van der Waals surface area (Å²) in [6.07, 6.45) is 0. The molecule has 1 aromatic carbocycles. The van der Waals surface area contributed by atoms with Crippen molar-refractivity contribution in [3.8, 4) is 6.07 Å². The van der Waals surface area contributed by atoms with Gasteiger partial charge in [0.15, 0.2) is 0 Å². The lowest BCUT2D eigenvalue weighted by Crippen LogP contribution is -2.30. The van der Waals surface area contributed by atoms with Crippen molar-refractivity contribution in [3.63, 3.8) is 0 Å². The van der Waals surface area contributed by atoms with E-state index in [0.717, 1.165) is 0 Å². The average Bonchev–Trinajstić information content (AvgIpc) is 2.94. The van der Waals surface area contributed by atoms with Gasteiger partial charge in [-0.2, -0.15) is 5.26 Å². The van der Waals surface area contributed by atoms with E-state index in [9.17, 15) is 14.4 Å². The van der Waals surface area contributed by atoms with Gasteiger partial charge in [-0.25, -0.2) is 4.39 Å². The summed E-state index contributed by atoms with van der Waals surface area (Å²) in [5.41, 5.74) is 0.206. The molecule has 2 rings (SSSR count). The lowest BCUT2D eigenvalue weighted by Gasteiger charge is -2.22. The molecule has 2 aromatic rings. The standard InChI is InChI=1S/C14H11FN2OS/c1-17(14(18)13-7-4-8-19-13)12(9-16)10-5-2-3-6-11(10)15/h2-8,12H,1H3. The minimum absolute atomic E-state index is 0.206. The van der Waals surface area contributed by atoms with Crippen molar-refractivity contribution in [1.82, 2.24) is 4.90 Å². The number of nitrogens with zero attached hydrogens (tertiary/aromatic N) is 2. The first-order valence-corrected chi connectivity index (χ1v) is 6.48. The fourth-order valence-electron chi connectivity index (χ4n) is 1.75. The Morgan fingerprint density at radius 1 is 1.37 bits per heavy atom. The zero-order valence-electron chi connectivity index (χ0n) is 10.2. The predicted molar refractivity (Wildman–Crippen MR) is 71.2 cm³/mol. The number of benzene rings is 1. The molecule has 0 spiro atoms. The number of rotatable bonds is 3. The van der Waals surface area contributed by atoms with E-state index < -0.39 is 11.9 Å². The molecule has 1 amide bonds. The maximum Gasteiger partial charge on any atom is 0.264 e. The molecule has 0 fully saturated rings. The van der Waals surface area contributed by atoms with Crippen LogP contribution in [0.3, 0.4) is 0 Å². The molecule has 0 aliphatic heterocycles. The molecule has 0 aliphatic carbocycles. The largest absolute Gasteiger partial charge is 0.321 e. The highest BCUT2D eigenvalue weighted by molar-refractivity contribution is 7.12. The van der Waals surface area contributed by atoms with Crippen LogP contribution in [-0.4, -0.2) is 17.9 Å². The lowest BCUT2D eigenvalue weighted by atomic mass is 10.1. The van der Waals surface area contributed by atoms with Gasteiger partial charge in [0, 0.05) is 12.6 Å². The maximum atomic E-state index is 13.7. The summed E-state index contributed by atoms with van der Waals surface area (Å²) < 4.78 is 13.7. The third-order valence-corrected chi connectivity index (χ3v) is 3.62. The summed E-state index contributed by atoms with van der Waals surface area (Å²) in [6.45, 7) is 0. The fraction of sp³-hybridized carbons (Fsp3) is 0.143. The Balaban J connectivity index is 2.31. The van der Waals surface area contributed by atoms with E-state index in [1.807, 2.05) is 6.07 Å². The minimum Gasteiger partial charge on any atom is -0.321 e. The zero-order valence-corrected chi connectivity index (χ0v) is 11.0. The Hall–Kier alpha value is -2.19. The Morgan fingerprint density at radius 2 is 2.11 bits per heavy atom. The average molecular weight is 274 g/mol. The highest BCUT2D eigenvalue weighted by Gasteiger charge is 2.25. The highest BCUT2D eigenvalue weighted by Crippen LogP contribution is 2.24. The maximum absolute atomic E-state index is 13.7. The number of amides is 1. The molecule has 5 heteroatoms. The van der Waals surface area contributed by atoms with Crippen LogP contribution in [0.15, 0.2) is 41.8 Å². The number of hydrogen-bond acceptors (Lipinski definition) is 3. The molecule has 0 N–H and O–H groups in total. The molecule has 3 nitrogen and oxygen atoms in total. The Labute approximate surface area is 114 Å². The van der Waals surface area contributed by atoms with E-state index in [1.54, 1.807) is 29.6 Å². The molecule has 1 heterocycles. The number of carbonyl (C=O) groups is 1. The number of thiophene rings is 1. The van der Waals surface area contributed by atoms with Gasteiger partial charge in [0.05, 0.1) is 10.9 Å². The molecule has 0 saturated carbocycles. The number of carbonyl (C=O) groups excluding carboxylic acids is 1. The van der Waals surface area contributed by atoms with Crippen molar-refractivity contribution in [3.05, 3.63) is 58.0 Å². The second-order valence-electron chi connectivity index (χ2n) is 3.95. The van der Waals surface area contributed by atoms with Crippen LogP contribution >= 0.6 is 11.3 Å². The van der Waals surface area contributed by atoms with E-state index in [2.05, 4.69) is 0 Å². The third-order valence-electron chi connectivity index (χ3n) is 2.76. The number of nitriles is 1. The molecule has 96 valence electrons. The van der Waals surface area contributed by atoms with Crippen LogP contribution < -0.4 is 0 Å². The molecule has 1 aromatic heterocycles. The molecular weight excluding hydrogens is 263 g/mol. The monoisotopic (exact) mass is 274 g/mol. The molecule has 0 saturated heterocycles. The van der Waals surface area contributed by atoms with E-state index in [0.29, 0.717) is 4.88 Å². The smallest absolute Gasteiger partial charge is 0.264 e. The van der Waals surface area contributed by atoms with Crippen molar-refractivity contribution in [2.75, 3.05) is 7.05 Å². The van der Waals surface area contributed by atoms with Crippen LogP contribution in [-0.2, 0) is 0 Å². The van der Waals surface area contributed by atoms with Gasteiger partial charge in [-0.3, -0.25) is 4.79 Å². The van der Waals surface area contributed by atoms with Gasteiger partial charge >= 0.3 is 0 Å². The van der Waals surface area contributed by atoms with Crippen molar-refractivity contribution in [2.45, 2.75) is 6.04 Å². The molecule has 1 atom stereocenters. The van der Waals surface area contributed by atoms with Crippen LogP contribution in [0.1, 0.15) is 21.3 Å². The van der Waals surface area contributed by atoms with Gasteiger partial charge in [-0.15, -0.1) is 11.3 Å². The van der Waals surface area contributed by atoms with Gasteiger partial charge in [0.2, 0.25) is 0 Å². The zero-order chi connectivity index (χ0) is 13.8. The normalized spacial score (nSPS) is 11.6. The predicted octanol–water partition coefficient (Wildman–Crippen LogP) is 3.22. The summed E-state index contributed by atoms with van der Waals surface area (Å²) in [5, 5.41) is 11.0. The van der Waals surface area contributed by atoms with Crippen LogP contribution in [0.4, 0.5) is 4.39 Å². The van der Waals surface area contributed by atoms with Crippen LogP contribution in [0, 0.1) is 17.1 Å². The molecule has 1 unspecified atom stereocenters. The van der Waals surface area contributed by atoms with Gasteiger partial charge in [-0.1, -0.05) is 24.3 Å². The van der Waals surface area contributed by atoms with Crippen molar-refractivity contribution < 1.29 is 9.18 Å². The van der Waals surface area contributed by atoms with Gasteiger partial charge < -0.3 is 4.90 Å². The van der Waals surface area contributed by atoms with Crippen LogP contribution in [0.5, 0.6) is 0 Å². The first-order chi connectivity index (χ1) is 9.15. The van der Waals surface area contributed by atoms with Crippen molar-refractivity contribution >= 4 is 17.2 Å². The summed E-state index contributed by atoms with van der Waals surface area (Å²) in [5.74, 6) is -0.773. The van der Waals surface area contributed by atoms with E-state index in [-0.39, 0.29) is 11.5 Å². The number of hydrogen-bond donors (Lipinski definition) is 0. The van der Waals surface area contributed by atoms with E-state index in [1.165, 1.54) is 35.4 Å². The summed E-state index contributed by atoms with van der Waals surface area (Å²) in [6, 6.07) is 10.5. The quantitative estimate of drug-likeness (QED) is 0.862. The fourth-order valence-corrected chi connectivity index (χ4v) is 2.46. The van der Waals surface area contributed by atoms with Gasteiger partial charge in [0.25, 0.3) is 5.91 Å². The first-order valence-electron chi connectivity index (χ1n) is 5.60. The molecule has 19 heavy (non-hydrogen) atoms. The van der Waals surface area contributed by atoms with Gasteiger partial charge in [0.1, 0.15) is 11.9 Å². The van der Waals surface area contributed by atoms with Crippen molar-refractivity contribution in [2.24, 2.45) is 0 Å². The third kappa shape index (κ3) is 2.64. The van der Waals surface area contributed by atoms with Crippen molar-refractivity contribution in [1.29, 1.82) is 5.26 Å². The Bertz CT molecular complexity index is 619. The topological polar surface area (TPSA) is 44.1 Å². The Morgan fingerprint density at radius 3 is 2.68 bits per heavy atom. The first kappa shape index (κ1) is 13.2. The summed E-state index contributed by atoms with van der Waals surface area (Å²) in [4.78, 5) is 13.9.